The second-order valence-electron chi connectivity index (χ2n) is 4.59. The van der Waals surface area contributed by atoms with Gasteiger partial charge in [0, 0.05) is 22.2 Å². The molecule has 0 aliphatic rings. The van der Waals surface area contributed by atoms with E-state index in [0.717, 1.165) is 5.56 Å². The number of nitrogens with one attached hydrogen (secondary N) is 1. The van der Waals surface area contributed by atoms with Crippen LogP contribution in [0, 0.1) is 12.8 Å². The molecule has 0 bridgehead atoms. The maximum atomic E-state index is 11.8. The molecular weight excluding hydrogens is 278 g/mol. The summed E-state index contributed by atoms with van der Waals surface area (Å²) in [5, 5.41) is 2.67. The van der Waals surface area contributed by atoms with Gasteiger partial charge in [0.2, 0.25) is 5.91 Å². The Morgan fingerprint density at radius 3 is 2.45 bits per heavy atom. The molecule has 5 nitrogen and oxygen atoms in total. The molecule has 0 saturated heterocycles. The van der Waals surface area contributed by atoms with E-state index in [1.54, 1.807) is 19.1 Å². The molecule has 110 valence electrons. The van der Waals surface area contributed by atoms with E-state index < -0.39 is 22.7 Å². The van der Waals surface area contributed by atoms with Crippen molar-refractivity contribution in [2.75, 3.05) is 23.9 Å². The van der Waals surface area contributed by atoms with Gasteiger partial charge < -0.3 is 10.1 Å². The van der Waals surface area contributed by atoms with Crippen molar-refractivity contribution in [2.45, 2.75) is 13.8 Å². The van der Waals surface area contributed by atoms with Gasteiger partial charge in [0.25, 0.3) is 0 Å². The zero-order valence-electron chi connectivity index (χ0n) is 11.8. The first-order valence-electron chi connectivity index (χ1n) is 6.21. The summed E-state index contributed by atoms with van der Waals surface area (Å²) in [5.74, 6) is -1.24. The van der Waals surface area contributed by atoms with Crippen molar-refractivity contribution in [1.82, 2.24) is 0 Å². The second-order valence-corrected chi connectivity index (χ2v) is 6.09. The number of anilines is 1. The van der Waals surface area contributed by atoms with Gasteiger partial charge in [-0.15, -0.1) is 0 Å². The lowest BCUT2D eigenvalue weighted by atomic mass is 10.2. The molecule has 0 radical (unpaired) electrons. The molecule has 1 rings (SSSR count). The smallest absolute Gasteiger partial charge is 0.309 e. The molecule has 0 aromatic heterocycles. The van der Waals surface area contributed by atoms with Gasteiger partial charge in [-0.25, -0.2) is 0 Å². The van der Waals surface area contributed by atoms with Crippen LogP contribution in [-0.4, -0.2) is 34.7 Å². The van der Waals surface area contributed by atoms with E-state index >= 15 is 0 Å². The average molecular weight is 297 g/mol. The van der Waals surface area contributed by atoms with E-state index in [1.807, 2.05) is 19.1 Å². The number of esters is 1. The molecule has 1 aromatic carbocycles. The summed E-state index contributed by atoms with van der Waals surface area (Å²) in [6.45, 7) is 3.58. The highest BCUT2D eigenvalue weighted by Gasteiger charge is 2.18. The Morgan fingerprint density at radius 2 is 1.90 bits per heavy atom. The minimum atomic E-state index is -1.39. The summed E-state index contributed by atoms with van der Waals surface area (Å²) in [6.07, 6.45) is 0. The Kier molecular flexibility index (Phi) is 6.38. The Morgan fingerprint density at radius 1 is 1.30 bits per heavy atom. The van der Waals surface area contributed by atoms with Gasteiger partial charge in [-0.3, -0.25) is 13.8 Å². The Bertz CT molecular complexity index is 498. The molecule has 1 aromatic rings. The number of hydrogen-bond acceptors (Lipinski definition) is 4. The number of ether oxygens (including phenoxy) is 1. The summed E-state index contributed by atoms with van der Waals surface area (Å²) in [7, 11) is -0.110. The van der Waals surface area contributed by atoms with Gasteiger partial charge in [-0.2, -0.15) is 0 Å². The number of amides is 1. The molecule has 0 heterocycles. The van der Waals surface area contributed by atoms with E-state index in [2.05, 4.69) is 10.1 Å². The lowest BCUT2D eigenvalue weighted by Crippen LogP contribution is -2.25. The number of aryl methyl sites for hydroxylation is 1. The van der Waals surface area contributed by atoms with Crippen LogP contribution in [0.25, 0.3) is 0 Å². The molecule has 0 aliphatic heterocycles. The van der Waals surface area contributed by atoms with Crippen LogP contribution in [-0.2, 0) is 25.1 Å². The third-order valence-corrected chi connectivity index (χ3v) is 4.12. The number of carbonyl (C=O) groups is 2. The zero-order valence-corrected chi connectivity index (χ0v) is 12.7. The first-order chi connectivity index (χ1) is 9.42. The normalized spacial score (nSPS) is 13.3. The molecule has 0 aliphatic carbocycles. The summed E-state index contributed by atoms with van der Waals surface area (Å²) < 4.78 is 16.3. The molecular formula is C14H19NO4S. The molecule has 6 heteroatoms. The number of carbonyl (C=O) groups excluding carboxylic acids is 2. The third-order valence-electron chi connectivity index (χ3n) is 2.67. The molecule has 0 fully saturated rings. The van der Waals surface area contributed by atoms with Crippen molar-refractivity contribution in [2.24, 2.45) is 5.92 Å². The van der Waals surface area contributed by atoms with E-state index in [0.29, 0.717) is 5.69 Å². The number of hydrogen-bond donors (Lipinski definition) is 1. The van der Waals surface area contributed by atoms with E-state index in [9.17, 15) is 13.8 Å². The highest BCUT2D eigenvalue weighted by molar-refractivity contribution is 7.85. The highest BCUT2D eigenvalue weighted by atomic mass is 32.2. The van der Waals surface area contributed by atoms with Crippen molar-refractivity contribution < 1.29 is 18.5 Å². The molecule has 20 heavy (non-hydrogen) atoms. The molecule has 1 N–H and O–H groups in total. The molecule has 0 saturated carbocycles. The highest BCUT2D eigenvalue weighted by Crippen LogP contribution is 2.09. The van der Waals surface area contributed by atoms with Crippen molar-refractivity contribution in [3.05, 3.63) is 29.8 Å². The van der Waals surface area contributed by atoms with Gasteiger partial charge in [0.1, 0.15) is 5.75 Å². The van der Waals surface area contributed by atoms with Crippen molar-refractivity contribution >= 4 is 28.4 Å². The fourth-order valence-corrected chi connectivity index (χ4v) is 2.76. The first-order valence-corrected chi connectivity index (χ1v) is 7.70. The number of methoxy groups -OCH3 is 1. The lowest BCUT2D eigenvalue weighted by Gasteiger charge is -2.09. The number of benzene rings is 1. The lowest BCUT2D eigenvalue weighted by molar-refractivity contribution is -0.144. The van der Waals surface area contributed by atoms with Gasteiger partial charge in [-0.1, -0.05) is 24.6 Å². The summed E-state index contributed by atoms with van der Waals surface area (Å²) in [5.41, 5.74) is 1.76. The monoisotopic (exact) mass is 297 g/mol. The van der Waals surface area contributed by atoms with Crippen LogP contribution in [0.5, 0.6) is 0 Å². The maximum absolute atomic E-state index is 11.8. The van der Waals surface area contributed by atoms with Crippen LogP contribution >= 0.6 is 0 Å². The summed E-state index contributed by atoms with van der Waals surface area (Å²) in [4.78, 5) is 22.9. The van der Waals surface area contributed by atoms with Crippen molar-refractivity contribution in [1.29, 1.82) is 0 Å². The minimum absolute atomic E-state index is 0.119. The molecule has 0 spiro atoms. The quantitative estimate of drug-likeness (QED) is 0.808. The van der Waals surface area contributed by atoms with Gasteiger partial charge in [0.05, 0.1) is 13.0 Å². The Balaban J connectivity index is 2.44. The Labute approximate surface area is 121 Å². The second kappa shape index (κ2) is 7.79. The molecule has 1 amide bonds. The molecule has 2 atom stereocenters. The molecule has 2 unspecified atom stereocenters. The standard InChI is InChI=1S/C14H19NO4S/c1-10-4-6-12(7-5-10)15-13(16)9-20(18)8-11(2)14(17)19-3/h4-7,11H,8-9H2,1-3H3,(H,15,16). The van der Waals surface area contributed by atoms with Crippen LogP contribution in [0.2, 0.25) is 0 Å². The topological polar surface area (TPSA) is 72.5 Å². The average Bonchev–Trinajstić information content (AvgIpc) is 2.40. The zero-order chi connectivity index (χ0) is 15.1. The maximum Gasteiger partial charge on any atom is 0.309 e. The van der Waals surface area contributed by atoms with E-state index in [-0.39, 0.29) is 17.4 Å². The van der Waals surface area contributed by atoms with Gasteiger partial charge in [0.15, 0.2) is 0 Å². The number of rotatable bonds is 6. The summed E-state index contributed by atoms with van der Waals surface area (Å²) >= 11 is 0. The first kappa shape index (κ1) is 16.4. The van der Waals surface area contributed by atoms with E-state index in [1.165, 1.54) is 7.11 Å². The van der Waals surface area contributed by atoms with E-state index in [4.69, 9.17) is 0 Å². The Hall–Kier alpha value is -1.69. The van der Waals surface area contributed by atoms with Gasteiger partial charge >= 0.3 is 5.97 Å². The summed E-state index contributed by atoms with van der Waals surface area (Å²) in [6, 6.07) is 7.33. The van der Waals surface area contributed by atoms with Crippen LogP contribution in [0.15, 0.2) is 24.3 Å². The predicted molar refractivity (Wildman–Crippen MR) is 78.9 cm³/mol. The fourth-order valence-electron chi connectivity index (χ4n) is 1.59. The largest absolute Gasteiger partial charge is 0.469 e. The van der Waals surface area contributed by atoms with Crippen LogP contribution < -0.4 is 5.32 Å². The minimum Gasteiger partial charge on any atom is -0.469 e. The van der Waals surface area contributed by atoms with Crippen molar-refractivity contribution in [3.63, 3.8) is 0 Å². The van der Waals surface area contributed by atoms with Crippen LogP contribution in [0.3, 0.4) is 0 Å². The third kappa shape index (κ3) is 5.52. The SMILES string of the molecule is COC(=O)C(C)CS(=O)CC(=O)Nc1ccc(C)cc1. The fraction of sp³-hybridized carbons (Fsp3) is 0.429. The van der Waals surface area contributed by atoms with Crippen molar-refractivity contribution in [3.8, 4) is 0 Å². The van der Waals surface area contributed by atoms with Crippen LogP contribution in [0.4, 0.5) is 5.69 Å². The van der Waals surface area contributed by atoms with Gasteiger partial charge in [-0.05, 0) is 19.1 Å². The predicted octanol–water partition coefficient (Wildman–Crippen LogP) is 1.49. The van der Waals surface area contributed by atoms with Crippen LogP contribution in [0.1, 0.15) is 12.5 Å².